The van der Waals surface area contributed by atoms with E-state index in [0.717, 1.165) is 36.8 Å². The summed E-state index contributed by atoms with van der Waals surface area (Å²) < 4.78 is 5.95. The van der Waals surface area contributed by atoms with Gasteiger partial charge in [-0.15, -0.1) is 0 Å². The highest BCUT2D eigenvalue weighted by molar-refractivity contribution is 5.89. The predicted octanol–water partition coefficient (Wildman–Crippen LogP) is 3.62. The van der Waals surface area contributed by atoms with Crippen LogP contribution in [0.3, 0.4) is 0 Å². The highest BCUT2D eigenvalue weighted by Crippen LogP contribution is 2.20. The molecule has 7 nitrogen and oxygen atoms in total. The molecule has 1 fully saturated rings. The zero-order valence-corrected chi connectivity index (χ0v) is 18.1. The minimum absolute atomic E-state index is 0.108. The van der Waals surface area contributed by atoms with Gasteiger partial charge in [0.15, 0.2) is 5.96 Å². The van der Waals surface area contributed by atoms with Gasteiger partial charge in [-0.2, -0.15) is 0 Å². The maximum atomic E-state index is 11.7. The number of hydrogen-bond donors (Lipinski definition) is 4. The van der Waals surface area contributed by atoms with E-state index in [0.29, 0.717) is 12.6 Å². The second kappa shape index (κ2) is 13.0. The molecule has 7 heteroatoms. The number of anilines is 1. The molecule has 1 aliphatic carbocycles. The van der Waals surface area contributed by atoms with Gasteiger partial charge in [0.05, 0.1) is 6.10 Å². The lowest BCUT2D eigenvalue weighted by Gasteiger charge is -2.22. The Hall–Kier alpha value is -2.28. The number of hydrogen-bond acceptors (Lipinski definition) is 3. The second-order valence-electron chi connectivity index (χ2n) is 7.79. The van der Waals surface area contributed by atoms with Gasteiger partial charge in [0, 0.05) is 38.5 Å². The molecule has 0 aromatic heterocycles. The van der Waals surface area contributed by atoms with E-state index in [-0.39, 0.29) is 12.1 Å². The molecule has 0 spiro atoms. The zero-order chi connectivity index (χ0) is 20.9. The van der Waals surface area contributed by atoms with E-state index in [2.05, 4.69) is 26.3 Å². The maximum Gasteiger partial charge on any atom is 0.319 e. The topological polar surface area (TPSA) is 86.8 Å². The van der Waals surface area contributed by atoms with Crippen LogP contribution in [0.2, 0.25) is 0 Å². The molecule has 1 aromatic rings. The number of nitrogens with one attached hydrogen (secondary N) is 4. The average Bonchev–Trinajstić information content (AvgIpc) is 2.71. The molecule has 0 heterocycles. The third-order valence-electron chi connectivity index (χ3n) is 4.83. The Morgan fingerprint density at radius 1 is 1.14 bits per heavy atom. The molecule has 1 saturated carbocycles. The SMILES string of the molecule is CN=C(NCCCOC1CCCCC1)NCc1ccc(NC(=O)NC(C)C)cc1. The van der Waals surface area contributed by atoms with Gasteiger partial charge >= 0.3 is 6.03 Å². The number of aliphatic imine (C=N–C) groups is 1. The van der Waals surface area contributed by atoms with Crippen molar-refractivity contribution in [3.8, 4) is 0 Å². The minimum Gasteiger partial charge on any atom is -0.378 e. The van der Waals surface area contributed by atoms with E-state index in [1.807, 2.05) is 38.1 Å². The van der Waals surface area contributed by atoms with E-state index in [1.54, 1.807) is 7.05 Å². The Balaban J connectivity index is 1.62. The Labute approximate surface area is 175 Å². The van der Waals surface area contributed by atoms with Crippen LogP contribution in [0.25, 0.3) is 0 Å². The third-order valence-corrected chi connectivity index (χ3v) is 4.83. The smallest absolute Gasteiger partial charge is 0.319 e. The minimum atomic E-state index is -0.192. The Kier molecular flexibility index (Phi) is 10.3. The lowest BCUT2D eigenvalue weighted by molar-refractivity contribution is 0.0277. The monoisotopic (exact) mass is 403 g/mol. The number of ether oxygens (including phenoxy) is 1. The van der Waals surface area contributed by atoms with E-state index in [4.69, 9.17) is 4.74 Å². The quantitative estimate of drug-likeness (QED) is 0.288. The van der Waals surface area contributed by atoms with Crippen LogP contribution in [0, 0.1) is 0 Å². The molecule has 2 rings (SSSR count). The number of carbonyl (C=O) groups excluding carboxylic acids is 1. The predicted molar refractivity (Wildman–Crippen MR) is 119 cm³/mol. The summed E-state index contributed by atoms with van der Waals surface area (Å²) in [6.07, 6.45) is 7.84. The van der Waals surface area contributed by atoms with Crippen LogP contribution in [-0.2, 0) is 11.3 Å². The number of urea groups is 1. The van der Waals surface area contributed by atoms with E-state index < -0.39 is 0 Å². The second-order valence-corrected chi connectivity index (χ2v) is 7.79. The van der Waals surface area contributed by atoms with Gasteiger partial charge in [-0.1, -0.05) is 31.4 Å². The van der Waals surface area contributed by atoms with Crippen molar-refractivity contribution in [1.82, 2.24) is 16.0 Å². The van der Waals surface area contributed by atoms with Crippen LogP contribution in [-0.4, -0.2) is 44.3 Å². The first-order chi connectivity index (χ1) is 14.1. The summed E-state index contributed by atoms with van der Waals surface area (Å²) in [6, 6.07) is 7.69. The first kappa shape index (κ1) is 23.0. The summed E-state index contributed by atoms with van der Waals surface area (Å²) in [4.78, 5) is 16.0. The number of nitrogens with zero attached hydrogens (tertiary/aromatic N) is 1. The molecule has 29 heavy (non-hydrogen) atoms. The van der Waals surface area contributed by atoms with Crippen molar-refractivity contribution in [1.29, 1.82) is 0 Å². The van der Waals surface area contributed by atoms with Gasteiger partial charge in [0.1, 0.15) is 0 Å². The number of benzene rings is 1. The van der Waals surface area contributed by atoms with Crippen LogP contribution < -0.4 is 21.3 Å². The van der Waals surface area contributed by atoms with Crippen molar-refractivity contribution >= 4 is 17.7 Å². The molecule has 0 aliphatic heterocycles. The van der Waals surface area contributed by atoms with Gasteiger partial charge in [-0.05, 0) is 50.8 Å². The summed E-state index contributed by atoms with van der Waals surface area (Å²) in [5, 5.41) is 12.3. The number of rotatable bonds is 9. The maximum absolute atomic E-state index is 11.7. The van der Waals surface area contributed by atoms with Crippen molar-refractivity contribution in [3.05, 3.63) is 29.8 Å². The zero-order valence-electron chi connectivity index (χ0n) is 18.1. The molecule has 4 N–H and O–H groups in total. The summed E-state index contributed by atoms with van der Waals surface area (Å²) in [7, 11) is 1.77. The first-order valence-electron chi connectivity index (χ1n) is 10.8. The van der Waals surface area contributed by atoms with Crippen LogP contribution in [0.4, 0.5) is 10.5 Å². The van der Waals surface area contributed by atoms with Gasteiger partial charge in [-0.25, -0.2) is 4.79 Å². The number of amides is 2. The van der Waals surface area contributed by atoms with Crippen molar-refractivity contribution in [2.24, 2.45) is 4.99 Å². The van der Waals surface area contributed by atoms with Crippen LogP contribution in [0.15, 0.2) is 29.3 Å². The fraction of sp³-hybridized carbons (Fsp3) is 0.636. The van der Waals surface area contributed by atoms with Gasteiger partial charge < -0.3 is 26.0 Å². The molecular formula is C22H37N5O2. The molecule has 162 valence electrons. The van der Waals surface area contributed by atoms with E-state index in [1.165, 1.54) is 32.1 Å². The van der Waals surface area contributed by atoms with Crippen molar-refractivity contribution in [2.45, 2.75) is 71.1 Å². The molecule has 0 bridgehead atoms. The van der Waals surface area contributed by atoms with Crippen molar-refractivity contribution < 1.29 is 9.53 Å². The van der Waals surface area contributed by atoms with Crippen molar-refractivity contribution in [2.75, 3.05) is 25.5 Å². The largest absolute Gasteiger partial charge is 0.378 e. The van der Waals surface area contributed by atoms with Gasteiger partial charge in [-0.3, -0.25) is 4.99 Å². The average molecular weight is 404 g/mol. The summed E-state index contributed by atoms with van der Waals surface area (Å²) in [5.74, 6) is 0.779. The Morgan fingerprint density at radius 2 is 1.86 bits per heavy atom. The van der Waals surface area contributed by atoms with Crippen LogP contribution >= 0.6 is 0 Å². The lowest BCUT2D eigenvalue weighted by Crippen LogP contribution is -2.37. The van der Waals surface area contributed by atoms with E-state index >= 15 is 0 Å². The molecule has 2 amide bonds. The third kappa shape index (κ3) is 9.65. The highest BCUT2D eigenvalue weighted by atomic mass is 16.5. The first-order valence-corrected chi connectivity index (χ1v) is 10.8. The molecule has 1 aromatic carbocycles. The standard InChI is InChI=1S/C22H37N5O2/c1-17(2)26-22(28)27-19-12-10-18(11-13-19)16-25-21(23-3)24-14-7-15-29-20-8-5-4-6-9-20/h10-13,17,20H,4-9,14-16H2,1-3H3,(H2,23,24,25)(H2,26,27,28). The normalized spacial score (nSPS) is 15.2. The summed E-state index contributed by atoms with van der Waals surface area (Å²) in [5.41, 5.74) is 1.88. The lowest BCUT2D eigenvalue weighted by atomic mass is 9.98. The fourth-order valence-corrected chi connectivity index (χ4v) is 3.30. The van der Waals surface area contributed by atoms with Gasteiger partial charge in [0.25, 0.3) is 0 Å². The number of guanidine groups is 1. The molecule has 1 aliphatic rings. The Bertz CT molecular complexity index is 625. The molecule has 0 atom stereocenters. The van der Waals surface area contributed by atoms with Crippen LogP contribution in [0.1, 0.15) is 57.9 Å². The molecule has 0 unspecified atom stereocenters. The van der Waals surface area contributed by atoms with E-state index in [9.17, 15) is 4.79 Å². The highest BCUT2D eigenvalue weighted by Gasteiger charge is 2.13. The molecule has 0 radical (unpaired) electrons. The summed E-state index contributed by atoms with van der Waals surface area (Å²) >= 11 is 0. The molecular weight excluding hydrogens is 366 g/mol. The summed E-state index contributed by atoms with van der Waals surface area (Å²) in [6.45, 7) is 6.16. The van der Waals surface area contributed by atoms with Gasteiger partial charge in [0.2, 0.25) is 0 Å². The van der Waals surface area contributed by atoms with Crippen molar-refractivity contribution in [3.63, 3.8) is 0 Å². The fourth-order valence-electron chi connectivity index (χ4n) is 3.30. The molecule has 0 saturated heterocycles. The Morgan fingerprint density at radius 3 is 2.52 bits per heavy atom. The number of carbonyl (C=O) groups is 1. The van der Waals surface area contributed by atoms with Crippen LogP contribution in [0.5, 0.6) is 0 Å².